The van der Waals surface area contributed by atoms with Crippen molar-refractivity contribution in [3.05, 3.63) is 57.3 Å². The first-order chi connectivity index (χ1) is 9.24. The van der Waals surface area contributed by atoms with Crippen LogP contribution in [0.4, 0.5) is 0 Å². The molecule has 1 unspecified atom stereocenters. The van der Waals surface area contributed by atoms with Gasteiger partial charge in [-0.2, -0.15) is 0 Å². The molecule has 2 N–H and O–H groups in total. The quantitative estimate of drug-likeness (QED) is 0.928. The Morgan fingerprint density at radius 2 is 2.11 bits per heavy atom. The molecule has 1 heterocycles. The molecule has 0 saturated heterocycles. The minimum Gasteiger partial charge on any atom is -0.317 e. The van der Waals surface area contributed by atoms with Crippen LogP contribution in [0.25, 0.3) is 0 Å². The Morgan fingerprint density at radius 3 is 2.89 bits per heavy atom. The Balaban J connectivity index is 1.73. The van der Waals surface area contributed by atoms with Crippen molar-refractivity contribution >= 4 is 17.1 Å². The van der Waals surface area contributed by atoms with E-state index in [0.29, 0.717) is 6.42 Å². The van der Waals surface area contributed by atoms with Crippen LogP contribution in [0.1, 0.15) is 34.0 Å². The largest absolute Gasteiger partial charge is 0.317 e. The molecule has 98 valence electrons. The molecule has 0 saturated carbocycles. The number of ketones is 1. The molecule has 1 aromatic carbocycles. The van der Waals surface area contributed by atoms with E-state index >= 15 is 0 Å². The van der Waals surface area contributed by atoms with E-state index in [1.165, 1.54) is 24.0 Å². The minimum atomic E-state index is -0.478. The highest BCUT2D eigenvalue weighted by Crippen LogP contribution is 2.24. The van der Waals surface area contributed by atoms with Crippen LogP contribution in [-0.2, 0) is 24.1 Å². The fourth-order valence-corrected chi connectivity index (χ4v) is 3.42. The van der Waals surface area contributed by atoms with E-state index in [2.05, 4.69) is 18.2 Å². The van der Waals surface area contributed by atoms with Crippen molar-refractivity contribution in [1.29, 1.82) is 0 Å². The molecule has 0 radical (unpaired) electrons. The van der Waals surface area contributed by atoms with Crippen LogP contribution >= 0.6 is 11.3 Å². The highest BCUT2D eigenvalue weighted by atomic mass is 32.1. The number of fused-ring (bicyclic) bond motifs is 1. The molecule has 3 rings (SSSR count). The fraction of sp³-hybridized carbons (Fsp3) is 0.312. The summed E-state index contributed by atoms with van der Waals surface area (Å²) in [6.07, 6.45) is 4.00. The second-order valence-corrected chi connectivity index (χ2v) is 6.07. The number of thiophene rings is 1. The summed E-state index contributed by atoms with van der Waals surface area (Å²) in [5.74, 6) is 0.0976. The van der Waals surface area contributed by atoms with Crippen molar-refractivity contribution in [2.24, 2.45) is 5.73 Å². The van der Waals surface area contributed by atoms with Crippen LogP contribution in [0.15, 0.2) is 35.7 Å². The van der Waals surface area contributed by atoms with E-state index in [4.69, 9.17) is 5.73 Å². The zero-order valence-corrected chi connectivity index (χ0v) is 11.6. The van der Waals surface area contributed by atoms with Crippen LogP contribution in [0.5, 0.6) is 0 Å². The second-order valence-electron chi connectivity index (χ2n) is 5.09. The smallest absolute Gasteiger partial charge is 0.159 e. The minimum absolute atomic E-state index is 0.0976. The van der Waals surface area contributed by atoms with Crippen molar-refractivity contribution in [3.8, 4) is 0 Å². The lowest BCUT2D eigenvalue weighted by molar-refractivity contribution is -0.119. The lowest BCUT2D eigenvalue weighted by Gasteiger charge is -2.09. The molecule has 19 heavy (non-hydrogen) atoms. The molecule has 1 aliphatic carbocycles. The third-order valence-corrected chi connectivity index (χ3v) is 4.69. The summed E-state index contributed by atoms with van der Waals surface area (Å²) in [5, 5.41) is 1.96. The maximum Gasteiger partial charge on any atom is 0.159 e. The second kappa shape index (κ2) is 5.27. The van der Waals surface area contributed by atoms with Gasteiger partial charge in [0.2, 0.25) is 0 Å². The Morgan fingerprint density at radius 1 is 1.26 bits per heavy atom. The predicted octanol–water partition coefficient (Wildman–Crippen LogP) is 3.05. The number of rotatable bonds is 4. The molecule has 1 aromatic heterocycles. The first kappa shape index (κ1) is 12.6. The van der Waals surface area contributed by atoms with Crippen LogP contribution < -0.4 is 5.73 Å². The number of aryl methyl sites for hydroxylation is 2. The average molecular weight is 271 g/mol. The van der Waals surface area contributed by atoms with Crippen molar-refractivity contribution in [2.45, 2.75) is 31.7 Å². The number of hydrogen-bond donors (Lipinski definition) is 1. The van der Waals surface area contributed by atoms with E-state index < -0.39 is 6.04 Å². The highest BCUT2D eigenvalue weighted by molar-refractivity contribution is 7.10. The van der Waals surface area contributed by atoms with Crippen molar-refractivity contribution in [3.63, 3.8) is 0 Å². The summed E-state index contributed by atoms with van der Waals surface area (Å²) in [6, 6.07) is 9.80. The molecule has 3 heteroatoms. The van der Waals surface area contributed by atoms with E-state index in [0.717, 1.165) is 16.9 Å². The first-order valence-electron chi connectivity index (χ1n) is 6.66. The van der Waals surface area contributed by atoms with Crippen LogP contribution in [0.2, 0.25) is 0 Å². The Bertz CT molecular complexity index is 589. The van der Waals surface area contributed by atoms with E-state index in [1.807, 2.05) is 17.5 Å². The van der Waals surface area contributed by atoms with Gasteiger partial charge in [-0.15, -0.1) is 11.3 Å². The van der Waals surface area contributed by atoms with Gasteiger partial charge >= 0.3 is 0 Å². The lowest BCUT2D eigenvalue weighted by Crippen LogP contribution is -2.22. The molecule has 2 nitrogen and oxygen atoms in total. The fourth-order valence-electron chi connectivity index (χ4n) is 2.67. The molecular weight excluding hydrogens is 254 g/mol. The number of carbonyl (C=O) groups excluding carboxylic acids is 1. The van der Waals surface area contributed by atoms with Gasteiger partial charge in [-0.3, -0.25) is 4.79 Å². The molecule has 0 aliphatic heterocycles. The molecule has 0 spiro atoms. The molecule has 1 aliphatic rings. The topological polar surface area (TPSA) is 43.1 Å². The zero-order valence-electron chi connectivity index (χ0n) is 10.8. The number of carbonyl (C=O) groups is 1. The summed E-state index contributed by atoms with van der Waals surface area (Å²) >= 11 is 1.54. The van der Waals surface area contributed by atoms with Crippen LogP contribution in [-0.4, -0.2) is 5.78 Å². The summed E-state index contributed by atoms with van der Waals surface area (Å²) < 4.78 is 0. The Labute approximate surface area is 117 Å². The van der Waals surface area contributed by atoms with E-state index in [-0.39, 0.29) is 5.78 Å². The van der Waals surface area contributed by atoms with Gasteiger partial charge in [0.05, 0.1) is 6.04 Å². The van der Waals surface area contributed by atoms with E-state index in [1.54, 1.807) is 11.3 Å². The molecule has 0 fully saturated rings. The first-order valence-corrected chi connectivity index (χ1v) is 7.54. The maximum atomic E-state index is 12.2. The van der Waals surface area contributed by atoms with Crippen molar-refractivity contribution in [2.75, 3.05) is 0 Å². The zero-order chi connectivity index (χ0) is 13.2. The van der Waals surface area contributed by atoms with E-state index in [9.17, 15) is 4.79 Å². The molecule has 0 amide bonds. The molecular formula is C16H17NOS. The maximum absolute atomic E-state index is 12.2. The Kier molecular flexibility index (Phi) is 3.49. The predicted molar refractivity (Wildman–Crippen MR) is 78.4 cm³/mol. The summed E-state index contributed by atoms with van der Waals surface area (Å²) in [4.78, 5) is 13.1. The SMILES string of the molecule is NC(C(=O)Cc1ccc2c(c1)CCC2)c1cccs1. The monoisotopic (exact) mass is 271 g/mol. The van der Waals surface area contributed by atoms with Gasteiger partial charge in [-0.05, 0) is 47.4 Å². The normalized spacial score (nSPS) is 15.2. The van der Waals surface area contributed by atoms with Crippen LogP contribution in [0.3, 0.4) is 0 Å². The molecule has 0 bridgehead atoms. The van der Waals surface area contributed by atoms with Gasteiger partial charge in [-0.25, -0.2) is 0 Å². The molecule has 2 aromatic rings. The van der Waals surface area contributed by atoms with Gasteiger partial charge in [0.15, 0.2) is 5.78 Å². The lowest BCUT2D eigenvalue weighted by atomic mass is 9.99. The standard InChI is InChI=1S/C16H17NOS/c17-16(15-5-2-8-19-15)14(18)10-11-6-7-12-3-1-4-13(12)9-11/h2,5-9,16H,1,3-4,10,17H2. The van der Waals surface area contributed by atoms with Gasteiger partial charge in [0.25, 0.3) is 0 Å². The number of benzene rings is 1. The van der Waals surface area contributed by atoms with Crippen molar-refractivity contribution < 1.29 is 4.79 Å². The van der Waals surface area contributed by atoms with Gasteiger partial charge in [0, 0.05) is 11.3 Å². The highest BCUT2D eigenvalue weighted by Gasteiger charge is 2.18. The Hall–Kier alpha value is -1.45. The number of hydrogen-bond acceptors (Lipinski definition) is 3. The summed E-state index contributed by atoms with van der Waals surface area (Å²) in [5.41, 5.74) is 9.95. The summed E-state index contributed by atoms with van der Waals surface area (Å²) in [7, 11) is 0. The van der Waals surface area contributed by atoms with Crippen LogP contribution in [0, 0.1) is 0 Å². The number of Topliss-reactive ketones (excluding diaryl/α,β-unsaturated/α-hetero) is 1. The summed E-state index contributed by atoms with van der Waals surface area (Å²) in [6.45, 7) is 0. The van der Waals surface area contributed by atoms with Gasteiger partial charge in [0.1, 0.15) is 0 Å². The van der Waals surface area contributed by atoms with Crippen molar-refractivity contribution in [1.82, 2.24) is 0 Å². The van der Waals surface area contributed by atoms with Gasteiger partial charge in [-0.1, -0.05) is 24.3 Å². The third kappa shape index (κ3) is 2.62. The average Bonchev–Trinajstić information content (AvgIpc) is 3.08. The number of nitrogens with two attached hydrogens (primary N) is 1. The molecule has 1 atom stereocenters. The third-order valence-electron chi connectivity index (χ3n) is 3.74. The van der Waals surface area contributed by atoms with Gasteiger partial charge < -0.3 is 5.73 Å².